The number of sulfonamides is 1. The Hall–Kier alpha value is -3.64. The van der Waals surface area contributed by atoms with E-state index < -0.39 is 15.9 Å². The van der Waals surface area contributed by atoms with Crippen LogP contribution in [0.3, 0.4) is 0 Å². The van der Waals surface area contributed by atoms with Gasteiger partial charge in [-0.1, -0.05) is 5.10 Å². The van der Waals surface area contributed by atoms with Gasteiger partial charge in [0, 0.05) is 25.2 Å². The minimum atomic E-state index is -3.56. The molecule has 0 aliphatic carbocycles. The Kier molecular flexibility index (Phi) is 8.30. The summed E-state index contributed by atoms with van der Waals surface area (Å²) in [6.45, 7) is 6.64. The van der Waals surface area contributed by atoms with E-state index in [9.17, 15) is 13.2 Å². The van der Waals surface area contributed by atoms with Crippen molar-refractivity contribution in [3.63, 3.8) is 0 Å². The molecule has 188 valence electrons. The number of ether oxygens (including phenoxy) is 3. The van der Waals surface area contributed by atoms with E-state index in [0.717, 1.165) is 4.31 Å². The zero-order valence-corrected chi connectivity index (χ0v) is 21.0. The predicted octanol–water partition coefficient (Wildman–Crippen LogP) is 3.44. The summed E-state index contributed by atoms with van der Waals surface area (Å²) < 4.78 is 48.1. The quantitative estimate of drug-likeness (QED) is 0.417. The van der Waals surface area contributed by atoms with Crippen LogP contribution in [-0.4, -0.2) is 62.7 Å². The average Bonchev–Trinajstić information content (AvgIpc) is 3.29. The molecular formula is C23H28N4O7S. The van der Waals surface area contributed by atoms with Gasteiger partial charge in [0.15, 0.2) is 11.5 Å². The first-order chi connectivity index (χ1) is 16.7. The first-order valence-electron chi connectivity index (χ1n) is 10.9. The number of nitrogens with one attached hydrogen (secondary N) is 1. The number of nitrogens with zero attached hydrogens (tertiary/aromatic N) is 3. The summed E-state index contributed by atoms with van der Waals surface area (Å²) in [5.74, 6) is 0.782. The van der Waals surface area contributed by atoms with E-state index in [1.54, 1.807) is 24.3 Å². The topological polar surface area (TPSA) is 133 Å². The zero-order valence-electron chi connectivity index (χ0n) is 20.2. The standard InChI is InChI=1S/C23H28N4O7S/c1-6-31-18-13-16(14-19(32-7-2)20(18)33-8-3)21(28)24-23-26-25-22(34-23)15-9-11-17(12-10-15)35(29,30)27(4)5/h9-14H,6-8H2,1-5H3,(H,24,26,28). The third-order valence-electron chi connectivity index (χ3n) is 4.70. The Bertz CT molecular complexity index is 1240. The van der Waals surface area contributed by atoms with Crippen molar-refractivity contribution < 1.29 is 31.8 Å². The second kappa shape index (κ2) is 11.2. The van der Waals surface area contributed by atoms with E-state index in [1.165, 1.54) is 26.2 Å². The normalized spacial score (nSPS) is 11.4. The van der Waals surface area contributed by atoms with Crippen molar-refractivity contribution >= 4 is 21.9 Å². The molecule has 11 nitrogen and oxygen atoms in total. The van der Waals surface area contributed by atoms with Crippen molar-refractivity contribution in [1.29, 1.82) is 0 Å². The third-order valence-corrected chi connectivity index (χ3v) is 6.53. The zero-order chi connectivity index (χ0) is 25.6. The molecule has 3 aromatic rings. The Balaban J connectivity index is 1.82. The van der Waals surface area contributed by atoms with Crippen molar-refractivity contribution in [1.82, 2.24) is 14.5 Å². The van der Waals surface area contributed by atoms with E-state index in [2.05, 4.69) is 15.5 Å². The molecule has 1 heterocycles. The average molecular weight is 505 g/mol. The molecule has 1 N–H and O–H groups in total. The fourth-order valence-electron chi connectivity index (χ4n) is 3.06. The minimum absolute atomic E-state index is 0.116. The Morgan fingerprint density at radius 3 is 2.03 bits per heavy atom. The lowest BCUT2D eigenvalue weighted by Gasteiger charge is -2.16. The maximum Gasteiger partial charge on any atom is 0.322 e. The van der Waals surface area contributed by atoms with Gasteiger partial charge in [-0.15, -0.1) is 5.10 Å². The van der Waals surface area contributed by atoms with E-state index in [4.69, 9.17) is 18.6 Å². The molecule has 0 atom stereocenters. The van der Waals surface area contributed by atoms with Crippen LogP contribution in [0.1, 0.15) is 31.1 Å². The van der Waals surface area contributed by atoms with Gasteiger partial charge < -0.3 is 18.6 Å². The van der Waals surface area contributed by atoms with Crippen molar-refractivity contribution in [2.24, 2.45) is 0 Å². The molecule has 2 aromatic carbocycles. The molecule has 0 saturated carbocycles. The fraction of sp³-hybridized carbons (Fsp3) is 0.348. The van der Waals surface area contributed by atoms with E-state index >= 15 is 0 Å². The molecule has 12 heteroatoms. The molecule has 0 unspecified atom stereocenters. The monoisotopic (exact) mass is 504 g/mol. The Morgan fingerprint density at radius 2 is 1.51 bits per heavy atom. The van der Waals surface area contributed by atoms with Gasteiger partial charge in [0.2, 0.25) is 21.7 Å². The largest absolute Gasteiger partial charge is 0.490 e. The molecule has 0 aliphatic heterocycles. The SMILES string of the molecule is CCOc1cc(C(=O)Nc2nnc(-c3ccc(S(=O)(=O)N(C)C)cc3)o2)cc(OCC)c1OCC. The van der Waals surface area contributed by atoms with Crippen LogP contribution >= 0.6 is 0 Å². The van der Waals surface area contributed by atoms with Gasteiger partial charge in [-0.25, -0.2) is 12.7 Å². The van der Waals surface area contributed by atoms with Crippen LogP contribution < -0.4 is 19.5 Å². The number of rotatable bonds is 11. The van der Waals surface area contributed by atoms with Crippen LogP contribution in [0.5, 0.6) is 17.2 Å². The highest BCUT2D eigenvalue weighted by atomic mass is 32.2. The highest BCUT2D eigenvalue weighted by molar-refractivity contribution is 7.89. The number of aromatic nitrogens is 2. The maximum atomic E-state index is 12.9. The van der Waals surface area contributed by atoms with Crippen molar-refractivity contribution in [3.8, 4) is 28.7 Å². The highest BCUT2D eigenvalue weighted by Crippen LogP contribution is 2.39. The number of anilines is 1. The lowest BCUT2D eigenvalue weighted by molar-refractivity contribution is 0.102. The second-order valence-electron chi connectivity index (χ2n) is 7.28. The number of amides is 1. The van der Waals surface area contributed by atoms with Gasteiger partial charge in [-0.3, -0.25) is 10.1 Å². The van der Waals surface area contributed by atoms with Gasteiger partial charge in [0.25, 0.3) is 5.91 Å². The van der Waals surface area contributed by atoms with E-state index in [-0.39, 0.29) is 22.4 Å². The van der Waals surface area contributed by atoms with Crippen LogP contribution in [-0.2, 0) is 10.0 Å². The smallest absolute Gasteiger partial charge is 0.322 e. The summed E-state index contributed by atoms with van der Waals surface area (Å²) >= 11 is 0. The molecule has 3 rings (SSSR count). The van der Waals surface area contributed by atoms with Crippen molar-refractivity contribution in [2.75, 3.05) is 39.2 Å². The fourth-order valence-corrected chi connectivity index (χ4v) is 3.96. The van der Waals surface area contributed by atoms with E-state index in [1.807, 2.05) is 20.8 Å². The second-order valence-corrected chi connectivity index (χ2v) is 9.43. The summed E-state index contributed by atoms with van der Waals surface area (Å²) in [6.07, 6.45) is 0. The number of benzene rings is 2. The Labute approximate surface area is 204 Å². The molecule has 35 heavy (non-hydrogen) atoms. The number of hydrogen-bond donors (Lipinski definition) is 1. The summed E-state index contributed by atoms with van der Waals surface area (Å²) in [6, 6.07) is 8.95. The van der Waals surface area contributed by atoms with Crippen LogP contribution in [0, 0.1) is 0 Å². The number of carbonyl (C=O) groups excluding carboxylic acids is 1. The molecule has 0 aliphatic rings. The summed E-state index contributed by atoms with van der Waals surface area (Å²) in [7, 11) is -0.652. The summed E-state index contributed by atoms with van der Waals surface area (Å²) in [5.41, 5.74) is 0.743. The summed E-state index contributed by atoms with van der Waals surface area (Å²) in [4.78, 5) is 13.0. The molecule has 0 fully saturated rings. The van der Waals surface area contributed by atoms with Crippen LogP contribution in [0.4, 0.5) is 6.01 Å². The minimum Gasteiger partial charge on any atom is -0.490 e. The molecule has 0 bridgehead atoms. The third kappa shape index (κ3) is 5.89. The van der Waals surface area contributed by atoms with Gasteiger partial charge in [-0.05, 0) is 57.2 Å². The molecule has 0 radical (unpaired) electrons. The molecular weight excluding hydrogens is 476 g/mol. The van der Waals surface area contributed by atoms with Gasteiger partial charge >= 0.3 is 6.01 Å². The highest BCUT2D eigenvalue weighted by Gasteiger charge is 2.21. The summed E-state index contributed by atoms with van der Waals surface area (Å²) in [5, 5.41) is 10.3. The van der Waals surface area contributed by atoms with Gasteiger partial charge in [0.05, 0.1) is 24.7 Å². The first-order valence-corrected chi connectivity index (χ1v) is 12.4. The molecule has 1 amide bonds. The number of hydrogen-bond acceptors (Lipinski definition) is 9. The van der Waals surface area contributed by atoms with Gasteiger partial charge in [0.1, 0.15) is 0 Å². The predicted molar refractivity (Wildman–Crippen MR) is 129 cm³/mol. The van der Waals surface area contributed by atoms with Crippen molar-refractivity contribution in [2.45, 2.75) is 25.7 Å². The molecule has 1 aromatic heterocycles. The molecule has 0 saturated heterocycles. The number of carbonyl (C=O) groups is 1. The maximum absolute atomic E-state index is 12.9. The first kappa shape index (κ1) is 26.0. The van der Waals surface area contributed by atoms with Crippen LogP contribution in [0.25, 0.3) is 11.5 Å². The van der Waals surface area contributed by atoms with Crippen LogP contribution in [0.15, 0.2) is 45.7 Å². The van der Waals surface area contributed by atoms with Crippen LogP contribution in [0.2, 0.25) is 0 Å². The lowest BCUT2D eigenvalue weighted by Crippen LogP contribution is -2.22. The van der Waals surface area contributed by atoms with Crippen molar-refractivity contribution in [3.05, 3.63) is 42.0 Å². The Morgan fingerprint density at radius 1 is 0.943 bits per heavy atom. The van der Waals surface area contributed by atoms with Gasteiger partial charge in [-0.2, -0.15) is 0 Å². The van der Waals surface area contributed by atoms with E-state index in [0.29, 0.717) is 42.6 Å². The lowest BCUT2D eigenvalue weighted by atomic mass is 10.1. The molecule has 0 spiro atoms.